The summed E-state index contributed by atoms with van der Waals surface area (Å²) in [4.78, 5) is 24.3. The number of phenols is 1. The summed E-state index contributed by atoms with van der Waals surface area (Å²) in [6.07, 6.45) is 1.47. The van der Waals surface area contributed by atoms with Gasteiger partial charge in [0, 0.05) is 21.8 Å². The van der Waals surface area contributed by atoms with Crippen molar-refractivity contribution in [2.75, 3.05) is 5.32 Å². The van der Waals surface area contributed by atoms with Gasteiger partial charge in [0.2, 0.25) is 0 Å². The standard InChI is InChI=1S/C21H16ClN3O3/c22-17-7-3-15(4-8-17)20(27)24-18-9-5-16(6-10-18)21(28)25-23-13-14-1-11-19(26)12-2-14/h1-13,26H,(H,24,27)(H,25,28)/b23-13-. The number of nitrogens with one attached hydrogen (secondary N) is 2. The number of aromatic hydroxyl groups is 1. The molecule has 0 atom stereocenters. The molecule has 0 heterocycles. The van der Waals surface area contributed by atoms with E-state index in [1.54, 1.807) is 60.7 Å². The van der Waals surface area contributed by atoms with Gasteiger partial charge in [0.1, 0.15) is 5.75 Å². The van der Waals surface area contributed by atoms with Crippen molar-refractivity contribution in [3.8, 4) is 5.75 Å². The van der Waals surface area contributed by atoms with E-state index in [0.29, 0.717) is 21.8 Å². The fraction of sp³-hybridized carbons (Fsp3) is 0. The van der Waals surface area contributed by atoms with Gasteiger partial charge in [-0.2, -0.15) is 5.10 Å². The van der Waals surface area contributed by atoms with Crippen molar-refractivity contribution < 1.29 is 14.7 Å². The van der Waals surface area contributed by atoms with Crippen LogP contribution in [0, 0.1) is 0 Å². The van der Waals surface area contributed by atoms with Crippen LogP contribution in [0.25, 0.3) is 0 Å². The molecule has 0 saturated heterocycles. The number of carbonyl (C=O) groups is 2. The minimum absolute atomic E-state index is 0.157. The fourth-order valence-corrected chi connectivity index (χ4v) is 2.43. The number of carbonyl (C=O) groups excluding carboxylic acids is 2. The quantitative estimate of drug-likeness (QED) is 0.451. The third kappa shape index (κ3) is 5.18. The van der Waals surface area contributed by atoms with Crippen LogP contribution >= 0.6 is 11.6 Å². The van der Waals surface area contributed by atoms with Gasteiger partial charge in [-0.05, 0) is 78.4 Å². The Bertz CT molecular complexity index is 999. The number of nitrogens with zero attached hydrogens (tertiary/aromatic N) is 1. The first-order valence-electron chi connectivity index (χ1n) is 8.31. The SMILES string of the molecule is O=C(N/N=C\c1ccc(O)cc1)c1ccc(NC(=O)c2ccc(Cl)cc2)cc1. The highest BCUT2D eigenvalue weighted by atomic mass is 35.5. The third-order valence-corrected chi connectivity index (χ3v) is 4.04. The summed E-state index contributed by atoms with van der Waals surface area (Å²) in [6, 6.07) is 19.4. The zero-order valence-corrected chi connectivity index (χ0v) is 15.4. The topological polar surface area (TPSA) is 90.8 Å². The van der Waals surface area contributed by atoms with E-state index in [2.05, 4.69) is 15.8 Å². The van der Waals surface area contributed by atoms with Gasteiger partial charge >= 0.3 is 0 Å². The molecular weight excluding hydrogens is 378 g/mol. The molecule has 0 bridgehead atoms. The summed E-state index contributed by atoms with van der Waals surface area (Å²) in [6.45, 7) is 0. The third-order valence-electron chi connectivity index (χ3n) is 3.78. The molecule has 0 unspecified atom stereocenters. The number of hydrogen-bond acceptors (Lipinski definition) is 4. The molecule has 7 heteroatoms. The van der Waals surface area contributed by atoms with Gasteiger partial charge in [0.05, 0.1) is 6.21 Å². The number of benzene rings is 3. The molecule has 0 aliphatic rings. The smallest absolute Gasteiger partial charge is 0.271 e. The van der Waals surface area contributed by atoms with Gasteiger partial charge in [-0.25, -0.2) is 5.43 Å². The summed E-state index contributed by atoms with van der Waals surface area (Å²) < 4.78 is 0. The second-order valence-electron chi connectivity index (χ2n) is 5.83. The van der Waals surface area contributed by atoms with Gasteiger partial charge < -0.3 is 10.4 Å². The lowest BCUT2D eigenvalue weighted by atomic mass is 10.1. The maximum absolute atomic E-state index is 12.2. The molecule has 0 radical (unpaired) electrons. The highest BCUT2D eigenvalue weighted by Crippen LogP contribution is 2.14. The Hall–Kier alpha value is -3.64. The highest BCUT2D eigenvalue weighted by molar-refractivity contribution is 6.30. The van der Waals surface area contributed by atoms with Gasteiger partial charge in [0.15, 0.2) is 0 Å². The Kier molecular flexibility index (Phi) is 6.04. The van der Waals surface area contributed by atoms with E-state index >= 15 is 0 Å². The summed E-state index contributed by atoms with van der Waals surface area (Å²) in [5.74, 6) is -0.498. The van der Waals surface area contributed by atoms with Gasteiger partial charge in [-0.3, -0.25) is 9.59 Å². The number of amides is 2. The van der Waals surface area contributed by atoms with Crippen LogP contribution in [-0.2, 0) is 0 Å². The van der Waals surface area contributed by atoms with Gasteiger partial charge in [0.25, 0.3) is 11.8 Å². The van der Waals surface area contributed by atoms with Crippen LogP contribution in [0.2, 0.25) is 5.02 Å². The minimum atomic E-state index is -0.384. The van der Waals surface area contributed by atoms with Crippen LogP contribution in [0.4, 0.5) is 5.69 Å². The molecule has 0 aliphatic heterocycles. The number of hydrogen-bond donors (Lipinski definition) is 3. The Balaban J connectivity index is 1.57. The highest BCUT2D eigenvalue weighted by Gasteiger charge is 2.08. The molecule has 0 aliphatic carbocycles. The minimum Gasteiger partial charge on any atom is -0.508 e. The lowest BCUT2D eigenvalue weighted by Gasteiger charge is -2.06. The number of phenolic OH excluding ortho intramolecular Hbond substituents is 1. The fourth-order valence-electron chi connectivity index (χ4n) is 2.30. The monoisotopic (exact) mass is 393 g/mol. The second kappa shape index (κ2) is 8.83. The van der Waals surface area contributed by atoms with Crippen LogP contribution in [0.15, 0.2) is 77.9 Å². The summed E-state index contributed by atoms with van der Waals surface area (Å²) >= 11 is 5.81. The van der Waals surface area contributed by atoms with E-state index in [-0.39, 0.29) is 17.6 Å². The summed E-state index contributed by atoms with van der Waals surface area (Å²) in [7, 11) is 0. The molecule has 0 saturated carbocycles. The molecule has 0 aromatic heterocycles. The van der Waals surface area contributed by atoms with E-state index in [1.807, 2.05) is 0 Å². The Morgan fingerprint density at radius 2 is 1.39 bits per heavy atom. The van der Waals surface area contributed by atoms with Crippen molar-refractivity contribution in [1.82, 2.24) is 5.43 Å². The molecule has 3 rings (SSSR count). The van der Waals surface area contributed by atoms with E-state index < -0.39 is 0 Å². The van der Waals surface area contributed by atoms with E-state index in [1.165, 1.54) is 18.3 Å². The predicted octanol–water partition coefficient (Wildman–Crippen LogP) is 4.06. The first-order chi connectivity index (χ1) is 13.5. The number of hydrazone groups is 1. The maximum Gasteiger partial charge on any atom is 0.271 e. The lowest BCUT2D eigenvalue weighted by molar-refractivity contribution is 0.0954. The summed E-state index contributed by atoms with van der Waals surface area (Å²) in [5.41, 5.74) is 4.59. The molecule has 3 aromatic carbocycles. The van der Waals surface area contributed by atoms with Crippen LogP contribution in [0.5, 0.6) is 5.75 Å². The van der Waals surface area contributed by atoms with Gasteiger partial charge in [-0.15, -0.1) is 0 Å². The van der Waals surface area contributed by atoms with Crippen LogP contribution in [0.1, 0.15) is 26.3 Å². The van der Waals surface area contributed by atoms with Crippen molar-refractivity contribution >= 4 is 35.3 Å². The van der Waals surface area contributed by atoms with E-state index in [4.69, 9.17) is 11.6 Å². The van der Waals surface area contributed by atoms with Gasteiger partial charge in [-0.1, -0.05) is 11.6 Å². The number of anilines is 1. The number of rotatable bonds is 5. The van der Waals surface area contributed by atoms with E-state index in [9.17, 15) is 14.7 Å². The molecular formula is C21H16ClN3O3. The maximum atomic E-state index is 12.2. The first kappa shape index (κ1) is 19.1. The van der Waals surface area contributed by atoms with E-state index in [0.717, 1.165) is 5.56 Å². The van der Waals surface area contributed by atoms with Crippen LogP contribution < -0.4 is 10.7 Å². The molecule has 3 N–H and O–H groups in total. The predicted molar refractivity (Wildman–Crippen MR) is 109 cm³/mol. The lowest BCUT2D eigenvalue weighted by Crippen LogP contribution is -2.17. The first-order valence-corrected chi connectivity index (χ1v) is 8.68. The molecule has 3 aromatic rings. The Labute approximate surface area is 166 Å². The van der Waals surface area contributed by atoms with Crippen molar-refractivity contribution in [2.45, 2.75) is 0 Å². The molecule has 140 valence electrons. The van der Waals surface area contributed by atoms with Crippen molar-refractivity contribution in [1.29, 1.82) is 0 Å². The largest absolute Gasteiger partial charge is 0.508 e. The average molecular weight is 394 g/mol. The molecule has 0 fully saturated rings. The normalized spacial score (nSPS) is 10.6. The van der Waals surface area contributed by atoms with Crippen molar-refractivity contribution in [2.24, 2.45) is 5.10 Å². The Morgan fingerprint density at radius 3 is 2.04 bits per heavy atom. The zero-order valence-electron chi connectivity index (χ0n) is 14.6. The molecule has 0 spiro atoms. The summed E-state index contributed by atoms with van der Waals surface area (Å²) in [5, 5.41) is 16.4. The van der Waals surface area contributed by atoms with Crippen molar-refractivity contribution in [3.63, 3.8) is 0 Å². The second-order valence-corrected chi connectivity index (χ2v) is 6.27. The number of halogens is 1. The molecule has 2 amide bonds. The molecule has 6 nitrogen and oxygen atoms in total. The average Bonchev–Trinajstić information content (AvgIpc) is 2.70. The van der Waals surface area contributed by atoms with Crippen molar-refractivity contribution in [3.05, 3.63) is 94.5 Å². The Morgan fingerprint density at radius 1 is 0.821 bits per heavy atom. The van der Waals surface area contributed by atoms with Crippen LogP contribution in [-0.4, -0.2) is 23.1 Å². The zero-order chi connectivity index (χ0) is 19.9. The van der Waals surface area contributed by atoms with Crippen LogP contribution in [0.3, 0.4) is 0 Å². The molecule has 28 heavy (non-hydrogen) atoms.